The van der Waals surface area contributed by atoms with E-state index in [0.717, 1.165) is 30.0 Å². The van der Waals surface area contributed by atoms with Crippen molar-refractivity contribution in [3.8, 4) is 0 Å². The number of benzene rings is 2. The number of hydrogen-bond donors (Lipinski definition) is 1. The van der Waals surface area contributed by atoms with E-state index in [1.165, 1.54) is 17.5 Å². The average molecular weight is 388 g/mol. The summed E-state index contributed by atoms with van der Waals surface area (Å²) in [6.07, 6.45) is 4.78. The minimum absolute atomic E-state index is 0.0125. The second-order valence-electron chi connectivity index (χ2n) is 8.11. The molecule has 1 amide bonds. The number of nitrogens with zero attached hydrogens (tertiary/aromatic N) is 2. The lowest BCUT2D eigenvalue weighted by molar-refractivity contribution is -0.121. The monoisotopic (exact) mass is 387 g/mol. The van der Waals surface area contributed by atoms with Crippen LogP contribution in [0.5, 0.6) is 0 Å². The quantitative estimate of drug-likeness (QED) is 0.652. The Bertz CT molecular complexity index is 977. The van der Waals surface area contributed by atoms with Crippen LogP contribution in [0.25, 0.3) is 0 Å². The predicted molar refractivity (Wildman–Crippen MR) is 116 cm³/mol. The van der Waals surface area contributed by atoms with Gasteiger partial charge in [0.05, 0.1) is 0 Å². The number of imidazole rings is 1. The van der Waals surface area contributed by atoms with Crippen LogP contribution >= 0.6 is 0 Å². The second kappa shape index (κ2) is 8.64. The lowest BCUT2D eigenvalue weighted by Gasteiger charge is -2.26. The number of nitrogens with one attached hydrogen (secondary N) is 1. The molecular weight excluding hydrogens is 358 g/mol. The molecule has 2 aromatic carbocycles. The molecule has 0 fully saturated rings. The van der Waals surface area contributed by atoms with Crippen molar-refractivity contribution in [2.45, 2.75) is 58.0 Å². The molecule has 1 aliphatic rings. The van der Waals surface area contributed by atoms with E-state index < -0.39 is 0 Å². The number of aromatic nitrogens is 2. The Hall–Kier alpha value is -2.88. The summed E-state index contributed by atoms with van der Waals surface area (Å²) in [4.78, 5) is 17.6. The summed E-state index contributed by atoms with van der Waals surface area (Å²) >= 11 is 0. The number of amides is 1. The maximum atomic E-state index is 12.9. The van der Waals surface area contributed by atoms with Gasteiger partial charge >= 0.3 is 0 Å². The number of fused-ring (bicyclic) bond motifs is 1. The number of rotatable bonds is 6. The number of aryl methyl sites for hydroxylation is 1. The summed E-state index contributed by atoms with van der Waals surface area (Å²) in [5.41, 5.74) is 4.70. The molecular formula is C25H29N3O. The first kappa shape index (κ1) is 19.4. The third kappa shape index (κ3) is 4.26. The molecule has 1 aliphatic heterocycles. The molecule has 2 heterocycles. The van der Waals surface area contributed by atoms with E-state index in [0.29, 0.717) is 18.9 Å². The number of carbonyl (C=O) groups excluding carboxylic acids is 1. The Morgan fingerprint density at radius 2 is 1.93 bits per heavy atom. The van der Waals surface area contributed by atoms with Gasteiger partial charge in [-0.05, 0) is 36.5 Å². The zero-order valence-electron chi connectivity index (χ0n) is 17.3. The third-order valence-corrected chi connectivity index (χ3v) is 6.02. The van der Waals surface area contributed by atoms with Crippen LogP contribution in [0, 0.1) is 6.92 Å². The fourth-order valence-corrected chi connectivity index (χ4v) is 4.41. The summed E-state index contributed by atoms with van der Waals surface area (Å²) in [7, 11) is 0. The molecule has 2 atom stereocenters. The third-order valence-electron chi connectivity index (χ3n) is 6.02. The average Bonchev–Trinajstić information content (AvgIpc) is 3.17. The normalized spacial score (nSPS) is 16.8. The lowest BCUT2D eigenvalue weighted by Crippen LogP contribution is -2.26. The highest BCUT2D eigenvalue weighted by atomic mass is 16.1. The molecule has 4 heteroatoms. The fraction of sp³-hybridized carbons (Fsp3) is 0.360. The smallest absolute Gasteiger partial charge is 0.221 e. The summed E-state index contributed by atoms with van der Waals surface area (Å²) in [6, 6.07) is 18.4. The fourth-order valence-electron chi connectivity index (χ4n) is 4.41. The maximum absolute atomic E-state index is 12.9. The molecule has 0 unspecified atom stereocenters. The molecule has 0 saturated carbocycles. The first-order valence-corrected chi connectivity index (χ1v) is 10.5. The largest absolute Gasteiger partial charge is 0.352 e. The Morgan fingerprint density at radius 1 is 1.17 bits per heavy atom. The van der Waals surface area contributed by atoms with Gasteiger partial charge in [0.1, 0.15) is 5.82 Å². The first-order chi connectivity index (χ1) is 14.1. The van der Waals surface area contributed by atoms with Crippen LogP contribution in [0.15, 0.2) is 60.8 Å². The molecule has 1 N–H and O–H groups in total. The highest BCUT2D eigenvalue weighted by molar-refractivity contribution is 5.77. The van der Waals surface area contributed by atoms with Gasteiger partial charge in [0.25, 0.3) is 0 Å². The van der Waals surface area contributed by atoms with E-state index >= 15 is 0 Å². The highest BCUT2D eigenvalue weighted by Crippen LogP contribution is 2.35. The van der Waals surface area contributed by atoms with Gasteiger partial charge in [-0.2, -0.15) is 0 Å². The van der Waals surface area contributed by atoms with Crippen LogP contribution in [0.3, 0.4) is 0 Å². The summed E-state index contributed by atoms with van der Waals surface area (Å²) in [6.45, 7) is 5.92. The standard InChI is InChI=1S/C25H29N3O/c1-18-9-6-7-13-21(18)22(15-24(29)26-16-20-11-4-3-5-12-20)23-17-27-25-19(2)10-8-14-28(23)25/h3-7,9,11-13,17,19,22H,8,10,14-16H2,1-2H3,(H,26,29)/t19-,22-/m0/s1. The number of hydrogen-bond acceptors (Lipinski definition) is 2. The van der Waals surface area contributed by atoms with Crippen molar-refractivity contribution in [2.24, 2.45) is 0 Å². The lowest BCUT2D eigenvalue weighted by atomic mass is 9.88. The van der Waals surface area contributed by atoms with Crippen molar-refractivity contribution in [3.05, 3.63) is 89.0 Å². The Labute approximate surface area is 173 Å². The number of carbonyl (C=O) groups is 1. The van der Waals surface area contributed by atoms with Crippen LogP contribution in [0.2, 0.25) is 0 Å². The maximum Gasteiger partial charge on any atom is 0.221 e. The highest BCUT2D eigenvalue weighted by Gasteiger charge is 2.27. The Kier molecular flexibility index (Phi) is 5.79. The van der Waals surface area contributed by atoms with Crippen molar-refractivity contribution in [1.29, 1.82) is 0 Å². The van der Waals surface area contributed by atoms with Gasteiger partial charge < -0.3 is 9.88 Å². The molecule has 1 aromatic heterocycles. The van der Waals surface area contributed by atoms with Crippen molar-refractivity contribution in [3.63, 3.8) is 0 Å². The minimum Gasteiger partial charge on any atom is -0.352 e. The van der Waals surface area contributed by atoms with Gasteiger partial charge in [-0.15, -0.1) is 0 Å². The molecule has 0 spiro atoms. The SMILES string of the molecule is Cc1ccccc1[C@H](CC(=O)NCc1ccccc1)c1cnc2n1CCC[C@@H]2C. The van der Waals surface area contributed by atoms with Gasteiger partial charge in [0, 0.05) is 43.2 Å². The predicted octanol–water partition coefficient (Wildman–Crippen LogP) is 4.93. The molecule has 0 radical (unpaired) electrons. The molecule has 0 saturated heterocycles. The molecule has 4 rings (SSSR count). The second-order valence-corrected chi connectivity index (χ2v) is 8.11. The van der Waals surface area contributed by atoms with Crippen molar-refractivity contribution in [1.82, 2.24) is 14.9 Å². The molecule has 29 heavy (non-hydrogen) atoms. The van der Waals surface area contributed by atoms with E-state index in [1.807, 2.05) is 36.5 Å². The van der Waals surface area contributed by atoms with Crippen LogP contribution in [0.1, 0.15) is 66.2 Å². The van der Waals surface area contributed by atoms with Gasteiger partial charge in [0.15, 0.2) is 0 Å². The zero-order valence-corrected chi connectivity index (χ0v) is 17.3. The molecule has 0 bridgehead atoms. The molecule has 150 valence electrons. The zero-order chi connectivity index (χ0) is 20.2. The van der Waals surface area contributed by atoms with E-state index in [9.17, 15) is 4.79 Å². The van der Waals surface area contributed by atoms with Crippen molar-refractivity contribution >= 4 is 5.91 Å². The van der Waals surface area contributed by atoms with Gasteiger partial charge in [0.2, 0.25) is 5.91 Å². The Balaban J connectivity index is 1.60. The topological polar surface area (TPSA) is 46.9 Å². The molecule has 3 aromatic rings. The summed E-state index contributed by atoms with van der Waals surface area (Å²) in [5, 5.41) is 3.10. The van der Waals surface area contributed by atoms with Gasteiger partial charge in [-0.3, -0.25) is 4.79 Å². The van der Waals surface area contributed by atoms with E-state index in [2.05, 4.69) is 48.0 Å². The first-order valence-electron chi connectivity index (χ1n) is 10.5. The summed E-state index contributed by atoms with van der Waals surface area (Å²) < 4.78 is 2.36. The van der Waals surface area contributed by atoms with Crippen LogP contribution < -0.4 is 5.32 Å². The van der Waals surface area contributed by atoms with Crippen LogP contribution in [0.4, 0.5) is 0 Å². The van der Waals surface area contributed by atoms with Crippen molar-refractivity contribution < 1.29 is 4.79 Å². The van der Waals surface area contributed by atoms with Gasteiger partial charge in [-0.1, -0.05) is 61.5 Å². The minimum atomic E-state index is 0.0125. The van der Waals surface area contributed by atoms with E-state index in [4.69, 9.17) is 4.98 Å². The van der Waals surface area contributed by atoms with Crippen LogP contribution in [-0.2, 0) is 17.9 Å². The summed E-state index contributed by atoms with van der Waals surface area (Å²) in [5.74, 6) is 1.72. The van der Waals surface area contributed by atoms with E-state index in [-0.39, 0.29) is 11.8 Å². The van der Waals surface area contributed by atoms with E-state index in [1.54, 1.807) is 0 Å². The van der Waals surface area contributed by atoms with Gasteiger partial charge in [-0.25, -0.2) is 4.98 Å². The van der Waals surface area contributed by atoms with Crippen molar-refractivity contribution in [2.75, 3.05) is 0 Å². The molecule has 0 aliphatic carbocycles. The Morgan fingerprint density at radius 3 is 2.72 bits per heavy atom. The molecule has 4 nitrogen and oxygen atoms in total. The van der Waals surface area contributed by atoms with Crippen LogP contribution in [-0.4, -0.2) is 15.5 Å².